The van der Waals surface area contributed by atoms with Crippen molar-refractivity contribution in [2.45, 2.75) is 6.04 Å². The molecule has 1 N–H and O–H groups in total. The van der Waals surface area contributed by atoms with Crippen molar-refractivity contribution in [1.29, 1.82) is 5.26 Å². The molecule has 1 aromatic carbocycles. The van der Waals surface area contributed by atoms with Gasteiger partial charge in [-0.3, -0.25) is 0 Å². The Labute approximate surface area is 120 Å². The van der Waals surface area contributed by atoms with Gasteiger partial charge in [0, 0.05) is 28.0 Å². The zero-order valence-electron chi connectivity index (χ0n) is 10.3. The van der Waals surface area contributed by atoms with E-state index < -0.39 is 6.04 Å². The summed E-state index contributed by atoms with van der Waals surface area (Å²) in [6.45, 7) is 0. The first-order valence-corrected chi connectivity index (χ1v) is 6.44. The van der Waals surface area contributed by atoms with Crippen LogP contribution in [0.2, 0.25) is 0 Å². The molecule has 0 aliphatic rings. The molecule has 0 spiro atoms. The normalized spacial score (nSPS) is 11.4. The van der Waals surface area contributed by atoms with Gasteiger partial charge >= 0.3 is 0 Å². The van der Waals surface area contributed by atoms with E-state index in [1.165, 1.54) is 0 Å². The fraction of sp³-hybridized carbons (Fsp3) is 0.143. The number of nitrogens with zero attached hydrogens (tertiary/aromatic N) is 2. The van der Waals surface area contributed by atoms with Crippen LogP contribution in [0, 0.1) is 11.3 Å². The van der Waals surface area contributed by atoms with Crippen LogP contribution < -0.4 is 10.1 Å². The summed E-state index contributed by atoms with van der Waals surface area (Å²) in [7, 11) is 1.56. The Morgan fingerprint density at radius 1 is 1.37 bits per heavy atom. The number of hydrogen-bond acceptors (Lipinski definition) is 4. The van der Waals surface area contributed by atoms with Crippen molar-refractivity contribution >= 4 is 21.6 Å². The van der Waals surface area contributed by atoms with Crippen LogP contribution in [-0.2, 0) is 0 Å². The SMILES string of the molecule is COc1ccc(C(C#N)Nc2cccc(Br)c2)cn1. The molecule has 0 radical (unpaired) electrons. The number of halogens is 1. The Bertz CT molecular complexity index is 592. The third-order valence-corrected chi connectivity index (χ3v) is 3.06. The van der Waals surface area contributed by atoms with Crippen LogP contribution in [0.25, 0.3) is 0 Å². The average molecular weight is 318 g/mol. The first-order valence-electron chi connectivity index (χ1n) is 5.64. The number of anilines is 1. The number of pyridine rings is 1. The van der Waals surface area contributed by atoms with Gasteiger partial charge < -0.3 is 10.1 Å². The molecule has 5 heteroatoms. The summed E-state index contributed by atoms with van der Waals surface area (Å²) in [5, 5.41) is 12.4. The molecule has 1 aromatic heterocycles. The first kappa shape index (κ1) is 13.4. The van der Waals surface area contributed by atoms with Crippen molar-refractivity contribution in [2.24, 2.45) is 0 Å². The van der Waals surface area contributed by atoms with Crippen molar-refractivity contribution in [3.05, 3.63) is 52.6 Å². The van der Waals surface area contributed by atoms with Crippen molar-refractivity contribution in [1.82, 2.24) is 4.98 Å². The van der Waals surface area contributed by atoms with E-state index in [4.69, 9.17) is 4.74 Å². The zero-order chi connectivity index (χ0) is 13.7. The number of aromatic nitrogens is 1. The molecule has 0 aliphatic carbocycles. The molecule has 4 nitrogen and oxygen atoms in total. The quantitative estimate of drug-likeness (QED) is 0.937. The highest BCUT2D eigenvalue weighted by molar-refractivity contribution is 9.10. The monoisotopic (exact) mass is 317 g/mol. The van der Waals surface area contributed by atoms with Gasteiger partial charge in [-0.1, -0.05) is 22.0 Å². The summed E-state index contributed by atoms with van der Waals surface area (Å²) >= 11 is 3.40. The maximum Gasteiger partial charge on any atom is 0.212 e. The summed E-state index contributed by atoms with van der Waals surface area (Å²) in [6.07, 6.45) is 1.64. The molecule has 2 rings (SSSR count). The fourth-order valence-corrected chi connectivity index (χ4v) is 2.02. The summed E-state index contributed by atoms with van der Waals surface area (Å²) in [5.74, 6) is 0.530. The number of hydrogen-bond donors (Lipinski definition) is 1. The lowest BCUT2D eigenvalue weighted by Gasteiger charge is -2.13. The molecule has 96 valence electrons. The van der Waals surface area contributed by atoms with Crippen LogP contribution in [0.1, 0.15) is 11.6 Å². The Morgan fingerprint density at radius 2 is 2.21 bits per heavy atom. The molecule has 19 heavy (non-hydrogen) atoms. The second-order valence-electron chi connectivity index (χ2n) is 3.85. The highest BCUT2D eigenvalue weighted by Gasteiger charge is 2.11. The maximum absolute atomic E-state index is 9.25. The standard InChI is InChI=1S/C14H12BrN3O/c1-19-14-6-5-10(9-17-14)13(8-16)18-12-4-2-3-11(15)7-12/h2-7,9,13,18H,1H3. The second kappa shape index (κ2) is 6.21. The van der Waals surface area contributed by atoms with E-state index in [-0.39, 0.29) is 0 Å². The Balaban J connectivity index is 2.18. The number of benzene rings is 1. The van der Waals surface area contributed by atoms with Gasteiger partial charge in [0.2, 0.25) is 5.88 Å². The summed E-state index contributed by atoms with van der Waals surface area (Å²) in [4.78, 5) is 4.10. The largest absolute Gasteiger partial charge is 0.481 e. The van der Waals surface area contributed by atoms with Crippen LogP contribution >= 0.6 is 15.9 Å². The third kappa shape index (κ3) is 3.46. The second-order valence-corrected chi connectivity index (χ2v) is 4.77. The summed E-state index contributed by atoms with van der Waals surface area (Å²) in [6, 6.07) is 13.0. The number of rotatable bonds is 4. The minimum Gasteiger partial charge on any atom is -0.481 e. The molecule has 2 aromatic rings. The van der Waals surface area contributed by atoms with Gasteiger partial charge in [-0.25, -0.2) is 4.98 Å². The van der Waals surface area contributed by atoms with Gasteiger partial charge in [0.05, 0.1) is 13.2 Å². The molecule has 1 atom stereocenters. The lowest BCUT2D eigenvalue weighted by Crippen LogP contribution is -2.08. The van der Waals surface area contributed by atoms with Gasteiger partial charge in [-0.2, -0.15) is 5.26 Å². The number of ether oxygens (including phenoxy) is 1. The van der Waals surface area contributed by atoms with Gasteiger partial charge in [-0.15, -0.1) is 0 Å². The zero-order valence-corrected chi connectivity index (χ0v) is 11.9. The van der Waals surface area contributed by atoms with Gasteiger partial charge in [0.25, 0.3) is 0 Å². The van der Waals surface area contributed by atoms with Gasteiger partial charge in [-0.05, 0) is 24.3 Å². The smallest absolute Gasteiger partial charge is 0.212 e. The van der Waals surface area contributed by atoms with Crippen LogP contribution in [0.4, 0.5) is 5.69 Å². The Hall–Kier alpha value is -2.06. The van der Waals surface area contributed by atoms with E-state index in [2.05, 4.69) is 32.3 Å². The molecule has 0 fully saturated rings. The Morgan fingerprint density at radius 3 is 2.79 bits per heavy atom. The van der Waals surface area contributed by atoms with Crippen LogP contribution in [-0.4, -0.2) is 12.1 Å². The minimum absolute atomic E-state index is 0.451. The van der Waals surface area contributed by atoms with Crippen LogP contribution in [0.3, 0.4) is 0 Å². The number of methoxy groups -OCH3 is 1. The van der Waals surface area contributed by atoms with E-state index in [9.17, 15) is 5.26 Å². The first-order chi connectivity index (χ1) is 9.22. The Kier molecular flexibility index (Phi) is 4.37. The molecular weight excluding hydrogens is 306 g/mol. The van der Waals surface area contributed by atoms with Crippen LogP contribution in [0.15, 0.2) is 47.1 Å². The average Bonchev–Trinajstić information content (AvgIpc) is 2.45. The van der Waals surface area contributed by atoms with Crippen LogP contribution in [0.5, 0.6) is 5.88 Å². The molecule has 1 unspecified atom stereocenters. The van der Waals surface area contributed by atoms with Crippen molar-refractivity contribution in [3.8, 4) is 11.9 Å². The maximum atomic E-state index is 9.25. The van der Waals surface area contributed by atoms with E-state index in [0.29, 0.717) is 5.88 Å². The minimum atomic E-state index is -0.451. The predicted molar refractivity (Wildman–Crippen MR) is 76.9 cm³/mol. The molecule has 0 bridgehead atoms. The highest BCUT2D eigenvalue weighted by Crippen LogP contribution is 2.22. The fourth-order valence-electron chi connectivity index (χ4n) is 1.62. The topological polar surface area (TPSA) is 57.9 Å². The molecular formula is C14H12BrN3O. The highest BCUT2D eigenvalue weighted by atomic mass is 79.9. The van der Waals surface area contributed by atoms with Gasteiger partial charge in [0.15, 0.2) is 0 Å². The lowest BCUT2D eigenvalue weighted by molar-refractivity contribution is 0.397. The molecule has 0 saturated carbocycles. The summed E-state index contributed by atoms with van der Waals surface area (Å²) in [5.41, 5.74) is 1.67. The lowest BCUT2D eigenvalue weighted by atomic mass is 10.1. The van der Waals surface area contributed by atoms with E-state index in [1.807, 2.05) is 30.3 Å². The van der Waals surface area contributed by atoms with E-state index in [1.54, 1.807) is 19.4 Å². The molecule has 0 saturated heterocycles. The van der Waals surface area contributed by atoms with Gasteiger partial charge in [0.1, 0.15) is 6.04 Å². The molecule has 0 amide bonds. The number of nitrogens with one attached hydrogen (secondary N) is 1. The third-order valence-electron chi connectivity index (χ3n) is 2.57. The predicted octanol–water partition coefficient (Wildman–Crippen LogP) is 3.53. The molecule has 0 aliphatic heterocycles. The number of nitriles is 1. The van der Waals surface area contributed by atoms with Crippen molar-refractivity contribution in [2.75, 3.05) is 12.4 Å². The van der Waals surface area contributed by atoms with Crippen molar-refractivity contribution < 1.29 is 4.74 Å². The summed E-state index contributed by atoms with van der Waals surface area (Å²) < 4.78 is 5.96. The molecule has 1 heterocycles. The van der Waals surface area contributed by atoms with E-state index >= 15 is 0 Å². The van der Waals surface area contributed by atoms with E-state index in [0.717, 1.165) is 15.7 Å². The van der Waals surface area contributed by atoms with Crippen molar-refractivity contribution in [3.63, 3.8) is 0 Å².